The summed E-state index contributed by atoms with van der Waals surface area (Å²) >= 11 is 0. The second-order valence-corrected chi connectivity index (χ2v) is 4.70. The maximum absolute atomic E-state index is 5.49. The maximum atomic E-state index is 5.49. The molecule has 1 aromatic heterocycles. The van der Waals surface area contributed by atoms with Crippen LogP contribution in [0.5, 0.6) is 0 Å². The molecule has 0 radical (unpaired) electrons. The third kappa shape index (κ3) is 2.70. The van der Waals surface area contributed by atoms with E-state index in [1.54, 1.807) is 6.33 Å². The van der Waals surface area contributed by atoms with Crippen molar-refractivity contribution < 1.29 is 0 Å². The van der Waals surface area contributed by atoms with E-state index in [9.17, 15) is 0 Å². The molecule has 4 nitrogen and oxygen atoms in total. The van der Waals surface area contributed by atoms with Gasteiger partial charge in [0.15, 0.2) is 0 Å². The molecule has 0 aliphatic heterocycles. The number of hydrogen-bond donors (Lipinski definition) is 1. The lowest BCUT2D eigenvalue weighted by molar-refractivity contribution is 0.235. The Balaban J connectivity index is 1.88. The molecule has 0 spiro atoms. The van der Waals surface area contributed by atoms with Crippen molar-refractivity contribution in [3.63, 3.8) is 0 Å². The van der Waals surface area contributed by atoms with E-state index < -0.39 is 0 Å². The van der Waals surface area contributed by atoms with E-state index in [-0.39, 0.29) is 0 Å². The van der Waals surface area contributed by atoms with Crippen LogP contribution in [0.15, 0.2) is 6.33 Å². The molecule has 2 N–H and O–H groups in total. The first-order valence-corrected chi connectivity index (χ1v) is 5.90. The van der Waals surface area contributed by atoms with Gasteiger partial charge in [0.25, 0.3) is 0 Å². The van der Waals surface area contributed by atoms with Crippen molar-refractivity contribution in [2.24, 2.45) is 11.8 Å². The Morgan fingerprint density at radius 1 is 1.47 bits per heavy atom. The van der Waals surface area contributed by atoms with Crippen molar-refractivity contribution in [2.75, 3.05) is 5.73 Å². The molecule has 15 heavy (non-hydrogen) atoms. The first-order chi connectivity index (χ1) is 7.25. The van der Waals surface area contributed by atoms with Crippen LogP contribution in [0.2, 0.25) is 0 Å². The van der Waals surface area contributed by atoms with Crippen LogP contribution in [-0.4, -0.2) is 14.8 Å². The van der Waals surface area contributed by atoms with Crippen molar-refractivity contribution >= 4 is 5.95 Å². The molecule has 1 heterocycles. The van der Waals surface area contributed by atoms with Crippen LogP contribution in [0.4, 0.5) is 5.95 Å². The lowest BCUT2D eigenvalue weighted by atomic mass is 9.81. The first kappa shape index (κ1) is 10.5. The van der Waals surface area contributed by atoms with Gasteiger partial charge in [-0.3, -0.25) is 4.68 Å². The first-order valence-electron chi connectivity index (χ1n) is 5.90. The summed E-state index contributed by atoms with van der Waals surface area (Å²) in [7, 11) is 0. The molecule has 0 bridgehead atoms. The van der Waals surface area contributed by atoms with Crippen LogP contribution in [0, 0.1) is 11.8 Å². The molecule has 0 saturated heterocycles. The number of hydrogen-bond acceptors (Lipinski definition) is 3. The minimum absolute atomic E-state index is 0.380. The van der Waals surface area contributed by atoms with Crippen molar-refractivity contribution in [3.05, 3.63) is 6.33 Å². The topological polar surface area (TPSA) is 56.7 Å². The molecule has 1 saturated carbocycles. The normalized spacial score (nSPS) is 20.3. The summed E-state index contributed by atoms with van der Waals surface area (Å²) in [4.78, 5) is 3.94. The number of nitrogens with zero attached hydrogens (tertiary/aromatic N) is 3. The molecule has 1 aromatic rings. The van der Waals surface area contributed by atoms with Gasteiger partial charge < -0.3 is 5.73 Å². The molecule has 0 aromatic carbocycles. The predicted octanol–water partition coefficient (Wildman–Crippen LogP) is 2.08. The highest BCUT2D eigenvalue weighted by molar-refractivity contribution is 5.09. The number of nitrogens with two attached hydrogens (primary N) is 1. The number of nitrogen functional groups attached to an aromatic ring is 1. The summed E-state index contributed by atoms with van der Waals surface area (Å²) in [5.74, 6) is 1.93. The zero-order valence-electron chi connectivity index (χ0n) is 9.39. The highest BCUT2D eigenvalue weighted by Crippen LogP contribution is 2.30. The second kappa shape index (κ2) is 4.64. The summed E-state index contributed by atoms with van der Waals surface area (Å²) in [6.07, 6.45) is 8.70. The molecule has 0 amide bonds. The van der Waals surface area contributed by atoms with Crippen molar-refractivity contribution in [2.45, 2.75) is 45.6 Å². The zero-order valence-corrected chi connectivity index (χ0v) is 9.39. The highest BCUT2D eigenvalue weighted by atomic mass is 15.4. The quantitative estimate of drug-likeness (QED) is 0.827. The Morgan fingerprint density at radius 3 is 2.80 bits per heavy atom. The van der Waals surface area contributed by atoms with Crippen molar-refractivity contribution in [1.82, 2.24) is 14.8 Å². The molecule has 1 aliphatic rings. The monoisotopic (exact) mass is 208 g/mol. The van der Waals surface area contributed by atoms with Gasteiger partial charge in [0.05, 0.1) is 0 Å². The van der Waals surface area contributed by atoms with E-state index in [1.165, 1.54) is 32.1 Å². The summed E-state index contributed by atoms with van der Waals surface area (Å²) in [6, 6.07) is 0. The largest absolute Gasteiger partial charge is 0.367 e. The number of anilines is 1. The van der Waals surface area contributed by atoms with Crippen LogP contribution >= 0.6 is 0 Å². The van der Waals surface area contributed by atoms with Gasteiger partial charge in [0.1, 0.15) is 6.33 Å². The Labute approximate surface area is 90.9 Å². The number of rotatable bonds is 3. The van der Waals surface area contributed by atoms with Gasteiger partial charge in [0.2, 0.25) is 5.95 Å². The molecule has 84 valence electrons. The maximum Gasteiger partial charge on any atom is 0.239 e. The van der Waals surface area contributed by atoms with Crippen molar-refractivity contribution in [3.8, 4) is 0 Å². The SMILES string of the molecule is CC(Cn1cnc(N)n1)C1CCCCC1. The third-order valence-corrected chi connectivity index (χ3v) is 3.48. The highest BCUT2D eigenvalue weighted by Gasteiger charge is 2.20. The fourth-order valence-corrected chi connectivity index (χ4v) is 2.54. The molecule has 2 rings (SSSR count). The van der Waals surface area contributed by atoms with E-state index in [2.05, 4.69) is 17.0 Å². The smallest absolute Gasteiger partial charge is 0.239 e. The Bertz CT molecular complexity index is 301. The molecule has 1 fully saturated rings. The van der Waals surface area contributed by atoms with Crippen LogP contribution in [0.1, 0.15) is 39.0 Å². The van der Waals surface area contributed by atoms with E-state index in [0.717, 1.165) is 12.5 Å². The summed E-state index contributed by atoms with van der Waals surface area (Å²) in [6.45, 7) is 3.27. The molecule has 1 atom stereocenters. The van der Waals surface area contributed by atoms with Crippen LogP contribution in [0.25, 0.3) is 0 Å². The molecular formula is C11H20N4. The summed E-state index contributed by atoms with van der Waals surface area (Å²) in [5, 5.41) is 4.13. The van der Waals surface area contributed by atoms with Gasteiger partial charge in [-0.15, -0.1) is 5.10 Å². The minimum atomic E-state index is 0.380. The van der Waals surface area contributed by atoms with E-state index >= 15 is 0 Å². The van der Waals surface area contributed by atoms with Gasteiger partial charge in [0, 0.05) is 6.54 Å². The van der Waals surface area contributed by atoms with E-state index in [0.29, 0.717) is 11.9 Å². The lowest BCUT2D eigenvalue weighted by Gasteiger charge is -2.27. The summed E-state index contributed by atoms with van der Waals surface area (Å²) < 4.78 is 1.87. The van der Waals surface area contributed by atoms with Crippen LogP contribution < -0.4 is 5.73 Å². The molecular weight excluding hydrogens is 188 g/mol. The molecule has 1 unspecified atom stereocenters. The fraction of sp³-hybridized carbons (Fsp3) is 0.818. The molecule has 1 aliphatic carbocycles. The summed E-state index contributed by atoms with van der Waals surface area (Å²) in [5.41, 5.74) is 5.49. The van der Waals surface area contributed by atoms with Gasteiger partial charge in [-0.25, -0.2) is 4.98 Å². The lowest BCUT2D eigenvalue weighted by Crippen LogP contribution is -2.20. The standard InChI is InChI=1S/C11H20N4/c1-9(10-5-3-2-4-6-10)7-15-8-13-11(12)14-15/h8-10H,2-7H2,1H3,(H2,12,14). The van der Waals surface area contributed by atoms with Crippen LogP contribution in [0.3, 0.4) is 0 Å². The average molecular weight is 208 g/mol. The van der Waals surface area contributed by atoms with Gasteiger partial charge in [-0.1, -0.05) is 39.0 Å². The zero-order chi connectivity index (χ0) is 10.7. The van der Waals surface area contributed by atoms with Crippen LogP contribution in [-0.2, 0) is 6.54 Å². The molecule has 4 heteroatoms. The van der Waals surface area contributed by atoms with Gasteiger partial charge in [-0.05, 0) is 11.8 Å². The Hall–Kier alpha value is -1.06. The average Bonchev–Trinajstić information content (AvgIpc) is 2.65. The predicted molar refractivity (Wildman–Crippen MR) is 60.2 cm³/mol. The Kier molecular flexibility index (Phi) is 3.23. The van der Waals surface area contributed by atoms with Gasteiger partial charge >= 0.3 is 0 Å². The van der Waals surface area contributed by atoms with E-state index in [1.807, 2.05) is 4.68 Å². The fourth-order valence-electron chi connectivity index (χ4n) is 2.54. The van der Waals surface area contributed by atoms with Gasteiger partial charge in [-0.2, -0.15) is 0 Å². The number of aromatic nitrogens is 3. The second-order valence-electron chi connectivity index (χ2n) is 4.70. The Morgan fingerprint density at radius 2 is 2.20 bits per heavy atom. The third-order valence-electron chi connectivity index (χ3n) is 3.48. The minimum Gasteiger partial charge on any atom is -0.367 e. The van der Waals surface area contributed by atoms with E-state index in [4.69, 9.17) is 5.73 Å². The van der Waals surface area contributed by atoms with Crippen molar-refractivity contribution in [1.29, 1.82) is 0 Å².